The number of hydrogen-bond donors (Lipinski definition) is 1. The van der Waals surface area contributed by atoms with Crippen molar-refractivity contribution in [1.82, 2.24) is 9.78 Å². The predicted octanol–water partition coefficient (Wildman–Crippen LogP) is 1.71. The molecule has 14 heavy (non-hydrogen) atoms. The minimum absolute atomic E-state index is 0.0647. The van der Waals surface area contributed by atoms with Gasteiger partial charge in [0.05, 0.1) is 17.4 Å². The molecule has 0 bridgehead atoms. The summed E-state index contributed by atoms with van der Waals surface area (Å²) in [5, 5.41) is 8.32. The number of amidine groups is 1. The van der Waals surface area contributed by atoms with Gasteiger partial charge in [0.2, 0.25) is 0 Å². The van der Waals surface area contributed by atoms with Gasteiger partial charge in [-0.1, -0.05) is 11.8 Å². The molecule has 0 unspecified atom stereocenters. The van der Waals surface area contributed by atoms with Crippen LogP contribution in [0.4, 0.5) is 5.69 Å². The van der Waals surface area contributed by atoms with Crippen LogP contribution in [0.2, 0.25) is 0 Å². The molecule has 0 radical (unpaired) electrons. The molecular formula is C9H14N4S. The molecule has 1 aliphatic rings. The highest BCUT2D eigenvalue weighted by atomic mass is 32.2. The molecule has 2 rings (SSSR count). The molecule has 0 saturated heterocycles. The van der Waals surface area contributed by atoms with Crippen LogP contribution in [0.15, 0.2) is 17.4 Å². The first kappa shape index (κ1) is 9.58. The lowest BCUT2D eigenvalue weighted by Gasteiger charge is -2.09. The third kappa shape index (κ3) is 2.09. The second-order valence-electron chi connectivity index (χ2n) is 4.05. The number of rotatable bonds is 1. The fourth-order valence-electron chi connectivity index (χ4n) is 1.26. The Labute approximate surface area is 87.8 Å². The lowest BCUT2D eigenvalue weighted by Crippen LogP contribution is -2.15. The van der Waals surface area contributed by atoms with Gasteiger partial charge in [0, 0.05) is 19.0 Å². The van der Waals surface area contributed by atoms with Gasteiger partial charge in [0.1, 0.15) is 0 Å². The average Bonchev–Trinajstić information content (AvgIpc) is 2.59. The van der Waals surface area contributed by atoms with E-state index in [2.05, 4.69) is 29.3 Å². The summed E-state index contributed by atoms with van der Waals surface area (Å²) < 4.78 is 1.77. The molecule has 0 spiro atoms. The smallest absolute Gasteiger partial charge is 0.161 e. The van der Waals surface area contributed by atoms with Gasteiger partial charge in [0.15, 0.2) is 5.17 Å². The van der Waals surface area contributed by atoms with E-state index in [-0.39, 0.29) is 5.54 Å². The van der Waals surface area contributed by atoms with Crippen LogP contribution in [0.25, 0.3) is 0 Å². The highest BCUT2D eigenvalue weighted by Crippen LogP contribution is 2.27. The van der Waals surface area contributed by atoms with Crippen LogP contribution in [0, 0.1) is 0 Å². The van der Waals surface area contributed by atoms with Crippen molar-refractivity contribution in [3.63, 3.8) is 0 Å². The molecule has 0 amide bonds. The summed E-state index contributed by atoms with van der Waals surface area (Å²) in [6, 6.07) is 0. The molecule has 0 saturated carbocycles. The van der Waals surface area contributed by atoms with E-state index in [9.17, 15) is 0 Å². The van der Waals surface area contributed by atoms with Gasteiger partial charge in [0.25, 0.3) is 0 Å². The summed E-state index contributed by atoms with van der Waals surface area (Å²) in [5.74, 6) is 1.04. The molecule has 1 aromatic rings. The Balaban J connectivity index is 2.06. The summed E-state index contributed by atoms with van der Waals surface area (Å²) >= 11 is 1.76. The molecule has 0 aliphatic carbocycles. The zero-order valence-electron chi connectivity index (χ0n) is 8.61. The van der Waals surface area contributed by atoms with Gasteiger partial charge in [-0.05, 0) is 13.8 Å². The Bertz CT molecular complexity index is 367. The normalized spacial score (nSPS) is 19.5. The maximum atomic E-state index is 4.56. The Morgan fingerprint density at radius 1 is 1.57 bits per heavy atom. The molecule has 2 heterocycles. The van der Waals surface area contributed by atoms with Crippen LogP contribution in [0.1, 0.15) is 13.8 Å². The van der Waals surface area contributed by atoms with Crippen molar-refractivity contribution in [3.8, 4) is 0 Å². The predicted molar refractivity (Wildman–Crippen MR) is 60.8 cm³/mol. The molecule has 0 fully saturated rings. The van der Waals surface area contributed by atoms with Gasteiger partial charge in [-0.2, -0.15) is 5.10 Å². The number of anilines is 1. The largest absolute Gasteiger partial charge is 0.332 e. The number of hydrogen-bond acceptors (Lipinski definition) is 4. The number of thioether (sulfide) groups is 1. The van der Waals surface area contributed by atoms with Crippen molar-refractivity contribution in [2.24, 2.45) is 12.0 Å². The van der Waals surface area contributed by atoms with Crippen molar-refractivity contribution < 1.29 is 0 Å². The molecule has 76 valence electrons. The molecule has 0 atom stereocenters. The SMILES string of the molecule is Cn1cc(NC2=NC(C)(C)CS2)cn1. The quantitative estimate of drug-likeness (QED) is 0.767. The number of aromatic nitrogens is 2. The van der Waals surface area contributed by atoms with Gasteiger partial charge in [-0.15, -0.1) is 0 Å². The zero-order valence-corrected chi connectivity index (χ0v) is 9.43. The first-order valence-electron chi connectivity index (χ1n) is 4.53. The second-order valence-corrected chi connectivity index (χ2v) is 5.01. The number of aliphatic imine (C=N–C) groups is 1. The van der Waals surface area contributed by atoms with Gasteiger partial charge in [-0.3, -0.25) is 9.67 Å². The van der Waals surface area contributed by atoms with Gasteiger partial charge >= 0.3 is 0 Å². The lowest BCUT2D eigenvalue weighted by atomic mass is 10.1. The third-order valence-corrected chi connectivity index (χ3v) is 3.24. The van der Waals surface area contributed by atoms with E-state index in [4.69, 9.17) is 0 Å². The summed E-state index contributed by atoms with van der Waals surface area (Å²) in [7, 11) is 1.90. The molecule has 1 aliphatic heterocycles. The van der Waals surface area contributed by atoms with Crippen LogP contribution in [-0.2, 0) is 7.05 Å². The topological polar surface area (TPSA) is 42.2 Å². The molecule has 4 nitrogen and oxygen atoms in total. The Hall–Kier alpha value is -0.970. The monoisotopic (exact) mass is 210 g/mol. The van der Waals surface area contributed by atoms with Crippen LogP contribution < -0.4 is 5.32 Å². The summed E-state index contributed by atoms with van der Waals surface area (Å²) in [5.41, 5.74) is 1.06. The van der Waals surface area contributed by atoms with Crippen molar-refractivity contribution in [2.75, 3.05) is 11.1 Å². The van der Waals surface area contributed by atoms with E-state index >= 15 is 0 Å². The Kier molecular flexibility index (Phi) is 2.26. The highest BCUT2D eigenvalue weighted by Gasteiger charge is 2.25. The first-order chi connectivity index (χ1) is 6.55. The van der Waals surface area contributed by atoms with Crippen molar-refractivity contribution in [3.05, 3.63) is 12.4 Å². The lowest BCUT2D eigenvalue weighted by molar-refractivity contribution is 0.605. The van der Waals surface area contributed by atoms with E-state index in [0.717, 1.165) is 16.6 Å². The van der Waals surface area contributed by atoms with E-state index in [1.54, 1.807) is 22.6 Å². The molecule has 5 heteroatoms. The minimum atomic E-state index is 0.0647. The van der Waals surface area contributed by atoms with E-state index in [0.29, 0.717) is 0 Å². The summed E-state index contributed by atoms with van der Waals surface area (Å²) in [6.07, 6.45) is 3.74. The average molecular weight is 210 g/mol. The number of nitrogens with zero attached hydrogens (tertiary/aromatic N) is 3. The zero-order chi connectivity index (χ0) is 10.2. The van der Waals surface area contributed by atoms with E-state index in [1.165, 1.54) is 0 Å². The molecule has 1 aromatic heterocycles. The molecule has 1 N–H and O–H groups in total. The van der Waals surface area contributed by atoms with Crippen molar-refractivity contribution >= 4 is 22.6 Å². The van der Waals surface area contributed by atoms with Gasteiger partial charge in [-0.25, -0.2) is 0 Å². The maximum Gasteiger partial charge on any atom is 0.161 e. The van der Waals surface area contributed by atoms with Crippen LogP contribution in [-0.4, -0.2) is 26.2 Å². The highest BCUT2D eigenvalue weighted by molar-refractivity contribution is 8.14. The number of aryl methyl sites for hydroxylation is 1. The minimum Gasteiger partial charge on any atom is -0.332 e. The Morgan fingerprint density at radius 2 is 2.36 bits per heavy atom. The number of nitrogens with one attached hydrogen (secondary N) is 1. The fourth-order valence-corrected chi connectivity index (χ4v) is 2.31. The first-order valence-corrected chi connectivity index (χ1v) is 5.52. The van der Waals surface area contributed by atoms with Crippen LogP contribution in [0.3, 0.4) is 0 Å². The van der Waals surface area contributed by atoms with Crippen LogP contribution in [0.5, 0.6) is 0 Å². The third-order valence-electron chi connectivity index (χ3n) is 1.92. The van der Waals surface area contributed by atoms with E-state index in [1.807, 2.05) is 13.2 Å². The van der Waals surface area contributed by atoms with Crippen molar-refractivity contribution in [2.45, 2.75) is 19.4 Å². The maximum absolute atomic E-state index is 4.56. The second kappa shape index (κ2) is 3.31. The van der Waals surface area contributed by atoms with Gasteiger partial charge < -0.3 is 5.32 Å². The van der Waals surface area contributed by atoms with Crippen molar-refractivity contribution in [1.29, 1.82) is 0 Å². The molecule has 0 aromatic carbocycles. The summed E-state index contributed by atoms with van der Waals surface area (Å²) in [4.78, 5) is 4.56. The fraction of sp³-hybridized carbons (Fsp3) is 0.556. The van der Waals surface area contributed by atoms with E-state index < -0.39 is 0 Å². The van der Waals surface area contributed by atoms with Crippen LogP contribution >= 0.6 is 11.8 Å². The standard InChI is InChI=1S/C9H14N4S/c1-9(2)6-14-8(12-9)11-7-4-10-13(3)5-7/h4-5H,6H2,1-3H3,(H,11,12). The molecular weight excluding hydrogens is 196 g/mol. The summed E-state index contributed by atoms with van der Waals surface area (Å²) in [6.45, 7) is 4.27. The Morgan fingerprint density at radius 3 is 2.86 bits per heavy atom.